The normalized spacial score (nSPS) is 14.7. The number of aliphatic carboxylic acids is 2. The molecule has 8 nitrogen and oxygen atoms in total. The van der Waals surface area contributed by atoms with E-state index in [-0.39, 0.29) is 11.9 Å². The van der Waals surface area contributed by atoms with Crippen LogP contribution in [0.3, 0.4) is 0 Å². The number of benzene rings is 3. The summed E-state index contributed by atoms with van der Waals surface area (Å²) in [5, 5.41) is 15.6. The number of carboxylic acid groups (broad SMARTS) is 2. The number of hydrogen-bond donors (Lipinski definition) is 2. The molecule has 0 aromatic heterocycles. The zero-order chi connectivity index (χ0) is 28.2. The van der Waals surface area contributed by atoms with E-state index in [0.29, 0.717) is 12.2 Å². The number of ether oxygens (including phenoxy) is 2. The van der Waals surface area contributed by atoms with Crippen molar-refractivity contribution in [3.05, 3.63) is 107 Å². The number of carbonyl (C=O) groups is 2. The molecular weight excluding hydrogens is 503 g/mol. The van der Waals surface area contributed by atoms with Gasteiger partial charge in [0.05, 0.1) is 20.3 Å². The van der Waals surface area contributed by atoms with E-state index in [4.69, 9.17) is 19.7 Å². The summed E-state index contributed by atoms with van der Waals surface area (Å²) in [6, 6.07) is 23.5. The Kier molecular flexibility index (Phi) is 11.0. The Balaban J connectivity index is 0.000000459. The first-order chi connectivity index (χ1) is 18.8. The molecule has 1 aliphatic rings. The number of carboxylic acids is 2. The Bertz CT molecular complexity index is 1230. The van der Waals surface area contributed by atoms with Crippen molar-refractivity contribution in [3.8, 4) is 11.5 Å². The molecule has 1 fully saturated rings. The van der Waals surface area contributed by atoms with Crippen LogP contribution >= 0.6 is 0 Å². The quantitative estimate of drug-likeness (QED) is 0.387. The fourth-order valence-corrected chi connectivity index (χ4v) is 4.44. The maximum Gasteiger partial charge on any atom is 0.328 e. The van der Waals surface area contributed by atoms with Crippen LogP contribution in [0.5, 0.6) is 11.5 Å². The van der Waals surface area contributed by atoms with Crippen LogP contribution in [0.4, 0.5) is 4.39 Å². The molecule has 1 atom stereocenters. The third-order valence-corrected chi connectivity index (χ3v) is 6.33. The summed E-state index contributed by atoms with van der Waals surface area (Å²) in [5.74, 6) is -1.06. The number of hydrogen-bond acceptors (Lipinski definition) is 6. The van der Waals surface area contributed by atoms with E-state index in [1.54, 1.807) is 26.4 Å². The van der Waals surface area contributed by atoms with Crippen LogP contribution in [0.25, 0.3) is 0 Å². The third kappa shape index (κ3) is 8.94. The summed E-state index contributed by atoms with van der Waals surface area (Å²) in [4.78, 5) is 24.0. The highest BCUT2D eigenvalue weighted by Crippen LogP contribution is 2.31. The molecule has 0 bridgehead atoms. The van der Waals surface area contributed by atoms with Gasteiger partial charge >= 0.3 is 11.9 Å². The lowest BCUT2D eigenvalue weighted by Crippen LogP contribution is -2.47. The highest BCUT2D eigenvalue weighted by Gasteiger charge is 2.26. The van der Waals surface area contributed by atoms with Gasteiger partial charge in [0, 0.05) is 56.5 Å². The van der Waals surface area contributed by atoms with Gasteiger partial charge in [0.2, 0.25) is 0 Å². The average molecular weight is 537 g/mol. The molecule has 1 aliphatic heterocycles. The maximum atomic E-state index is 13.5. The minimum Gasteiger partial charge on any atom is -0.497 e. The minimum absolute atomic E-state index is 0.125. The molecule has 9 heteroatoms. The van der Waals surface area contributed by atoms with Crippen LogP contribution in [0.2, 0.25) is 0 Å². The molecular formula is C30H33FN2O6. The fraction of sp³-hybridized carbons (Fsp3) is 0.267. The van der Waals surface area contributed by atoms with Crippen molar-refractivity contribution in [2.75, 3.05) is 40.4 Å². The highest BCUT2D eigenvalue weighted by molar-refractivity contribution is 5.89. The molecule has 1 saturated heterocycles. The molecule has 0 spiro atoms. The second-order valence-electron chi connectivity index (χ2n) is 8.86. The van der Waals surface area contributed by atoms with E-state index in [1.807, 2.05) is 30.3 Å². The fourth-order valence-electron chi connectivity index (χ4n) is 4.44. The van der Waals surface area contributed by atoms with Gasteiger partial charge in [-0.1, -0.05) is 48.5 Å². The van der Waals surface area contributed by atoms with Gasteiger partial charge in [-0.05, 0) is 29.3 Å². The molecule has 39 heavy (non-hydrogen) atoms. The Morgan fingerprint density at radius 3 is 1.97 bits per heavy atom. The molecule has 3 aromatic carbocycles. The molecule has 0 saturated carbocycles. The van der Waals surface area contributed by atoms with E-state index in [9.17, 15) is 14.0 Å². The monoisotopic (exact) mass is 536 g/mol. The maximum absolute atomic E-state index is 13.5. The third-order valence-electron chi connectivity index (χ3n) is 6.33. The van der Waals surface area contributed by atoms with Gasteiger partial charge in [0.25, 0.3) is 0 Å². The van der Waals surface area contributed by atoms with Crippen LogP contribution in [0.15, 0.2) is 84.9 Å². The summed E-state index contributed by atoms with van der Waals surface area (Å²) in [6.07, 6.45) is 1.12. The number of halogens is 1. The van der Waals surface area contributed by atoms with Gasteiger partial charge in [-0.3, -0.25) is 9.80 Å². The Morgan fingerprint density at radius 1 is 0.846 bits per heavy atom. The van der Waals surface area contributed by atoms with Gasteiger partial charge in [0.1, 0.15) is 17.3 Å². The highest BCUT2D eigenvalue weighted by atomic mass is 19.1. The number of methoxy groups -OCH3 is 2. The average Bonchev–Trinajstić information content (AvgIpc) is 2.95. The van der Waals surface area contributed by atoms with Crippen LogP contribution in [-0.4, -0.2) is 72.4 Å². The van der Waals surface area contributed by atoms with E-state index in [2.05, 4.69) is 40.1 Å². The summed E-state index contributed by atoms with van der Waals surface area (Å²) in [6.45, 7) is 4.64. The number of nitrogens with zero attached hydrogens (tertiary/aromatic N) is 2. The standard InChI is InChI=1S/C26H29FN2O2.C4H4O4/c1-30-24-13-10-22(25(18-24)31-2)19-28-14-16-29(17-15-28)26(20-6-4-3-5-7-20)21-8-11-23(27)12-9-21;5-3(6)1-2-4(7)8/h3-13,18,26H,14-17,19H2,1-2H3;1-2H,(H,5,6)(H,7,8). The molecule has 2 N–H and O–H groups in total. The molecule has 206 valence electrons. The molecule has 0 amide bonds. The van der Waals surface area contributed by atoms with E-state index in [0.717, 1.165) is 55.3 Å². The molecule has 0 aliphatic carbocycles. The number of piperazine rings is 1. The van der Waals surface area contributed by atoms with Crippen molar-refractivity contribution in [3.63, 3.8) is 0 Å². The van der Waals surface area contributed by atoms with Crippen molar-refractivity contribution < 1.29 is 33.7 Å². The predicted octanol–water partition coefficient (Wildman–Crippen LogP) is 4.46. The van der Waals surface area contributed by atoms with Crippen LogP contribution in [-0.2, 0) is 16.1 Å². The lowest BCUT2D eigenvalue weighted by atomic mass is 9.96. The summed E-state index contributed by atoms with van der Waals surface area (Å²) >= 11 is 0. The largest absolute Gasteiger partial charge is 0.497 e. The van der Waals surface area contributed by atoms with E-state index in [1.165, 1.54) is 5.56 Å². The zero-order valence-corrected chi connectivity index (χ0v) is 22.0. The van der Waals surface area contributed by atoms with Crippen LogP contribution < -0.4 is 9.47 Å². The van der Waals surface area contributed by atoms with Crippen molar-refractivity contribution in [1.29, 1.82) is 0 Å². The Hall–Kier alpha value is -4.21. The predicted molar refractivity (Wildman–Crippen MR) is 145 cm³/mol. The van der Waals surface area contributed by atoms with Crippen molar-refractivity contribution in [1.82, 2.24) is 9.80 Å². The van der Waals surface area contributed by atoms with Gasteiger partial charge in [0.15, 0.2) is 0 Å². The first-order valence-corrected chi connectivity index (χ1v) is 12.4. The van der Waals surface area contributed by atoms with Crippen molar-refractivity contribution >= 4 is 11.9 Å². The molecule has 3 aromatic rings. The van der Waals surface area contributed by atoms with E-state index < -0.39 is 11.9 Å². The number of rotatable bonds is 9. The Labute approximate surface area is 227 Å². The van der Waals surface area contributed by atoms with Gasteiger partial charge < -0.3 is 19.7 Å². The van der Waals surface area contributed by atoms with Crippen LogP contribution in [0.1, 0.15) is 22.7 Å². The van der Waals surface area contributed by atoms with Crippen molar-refractivity contribution in [2.45, 2.75) is 12.6 Å². The first kappa shape index (κ1) is 29.3. The molecule has 0 radical (unpaired) electrons. The topological polar surface area (TPSA) is 99.5 Å². The minimum atomic E-state index is -1.26. The van der Waals surface area contributed by atoms with Gasteiger partial charge in [-0.25, -0.2) is 14.0 Å². The van der Waals surface area contributed by atoms with Crippen molar-refractivity contribution in [2.24, 2.45) is 0 Å². The Morgan fingerprint density at radius 2 is 1.44 bits per heavy atom. The summed E-state index contributed by atoms with van der Waals surface area (Å²) < 4.78 is 24.4. The summed E-state index contributed by atoms with van der Waals surface area (Å²) in [5.41, 5.74) is 3.52. The molecule has 4 rings (SSSR count). The SMILES string of the molecule is COc1ccc(CN2CCN(C(c3ccccc3)c3ccc(F)cc3)CC2)c(OC)c1.O=C(O)C=CC(=O)O. The second kappa shape index (κ2) is 14.7. The lowest BCUT2D eigenvalue weighted by Gasteiger charge is -2.40. The van der Waals surface area contributed by atoms with E-state index >= 15 is 0 Å². The zero-order valence-electron chi connectivity index (χ0n) is 22.0. The lowest BCUT2D eigenvalue weighted by molar-refractivity contribution is -0.134. The van der Waals surface area contributed by atoms with Crippen LogP contribution in [0, 0.1) is 5.82 Å². The first-order valence-electron chi connectivity index (χ1n) is 12.4. The molecule has 1 heterocycles. The second-order valence-corrected chi connectivity index (χ2v) is 8.86. The smallest absolute Gasteiger partial charge is 0.328 e. The summed E-state index contributed by atoms with van der Waals surface area (Å²) in [7, 11) is 3.36. The molecule has 1 unspecified atom stereocenters. The van der Waals surface area contributed by atoms with Gasteiger partial charge in [-0.2, -0.15) is 0 Å². The van der Waals surface area contributed by atoms with Gasteiger partial charge in [-0.15, -0.1) is 0 Å².